The number of hydrogen-bond donors (Lipinski definition) is 2. The van der Waals surface area contributed by atoms with Crippen molar-refractivity contribution in [3.8, 4) is 0 Å². The minimum Gasteiger partial charge on any atom is -0.349 e. The van der Waals surface area contributed by atoms with Crippen LogP contribution in [0.2, 0.25) is 0 Å². The summed E-state index contributed by atoms with van der Waals surface area (Å²) in [5, 5.41) is 2.90. The summed E-state index contributed by atoms with van der Waals surface area (Å²) in [6, 6.07) is 3.27. The maximum absolute atomic E-state index is 12.1. The van der Waals surface area contributed by atoms with Crippen molar-refractivity contribution < 1.29 is 13.2 Å². The predicted molar refractivity (Wildman–Crippen MR) is 86.2 cm³/mol. The first-order valence-corrected chi connectivity index (χ1v) is 9.70. The van der Waals surface area contributed by atoms with Gasteiger partial charge in [-0.15, -0.1) is 0 Å². The topological polar surface area (TPSA) is 99.3 Å². The number of aromatic nitrogens is 1. The number of H-pyrrole nitrogens is 1. The van der Waals surface area contributed by atoms with Gasteiger partial charge in [0.1, 0.15) is 5.56 Å². The second-order valence-electron chi connectivity index (χ2n) is 6.25. The van der Waals surface area contributed by atoms with E-state index in [0.29, 0.717) is 6.42 Å². The van der Waals surface area contributed by atoms with E-state index < -0.39 is 15.4 Å². The van der Waals surface area contributed by atoms with Crippen LogP contribution in [0.1, 0.15) is 29.6 Å². The number of pyridine rings is 1. The minimum atomic E-state index is -2.87. The number of likely N-dealkylation sites (tertiary alicyclic amines) is 1. The number of piperidine rings is 1. The van der Waals surface area contributed by atoms with Crippen molar-refractivity contribution in [3.05, 3.63) is 34.2 Å². The highest BCUT2D eigenvalue weighted by molar-refractivity contribution is 7.91. The number of sulfone groups is 1. The summed E-state index contributed by atoms with van der Waals surface area (Å²) in [5.41, 5.74) is -0.268. The van der Waals surface area contributed by atoms with Gasteiger partial charge in [-0.05, 0) is 31.4 Å². The molecule has 1 atom stereocenters. The van der Waals surface area contributed by atoms with Crippen LogP contribution in [0.15, 0.2) is 23.1 Å². The lowest BCUT2D eigenvalue weighted by molar-refractivity contribution is 0.0896. The maximum atomic E-state index is 12.1. The second-order valence-corrected chi connectivity index (χ2v) is 8.48. The predicted octanol–water partition coefficient (Wildman–Crippen LogP) is -0.244. The second kappa shape index (κ2) is 6.45. The van der Waals surface area contributed by atoms with Crippen molar-refractivity contribution in [2.75, 3.05) is 24.6 Å². The van der Waals surface area contributed by atoms with Crippen LogP contribution in [0.25, 0.3) is 0 Å². The van der Waals surface area contributed by atoms with Crippen molar-refractivity contribution in [1.29, 1.82) is 0 Å². The first-order chi connectivity index (χ1) is 10.9. The Hall–Kier alpha value is -1.67. The number of carbonyl (C=O) groups excluding carboxylic acids is 1. The van der Waals surface area contributed by atoms with Gasteiger partial charge < -0.3 is 10.3 Å². The van der Waals surface area contributed by atoms with Crippen molar-refractivity contribution >= 4 is 15.7 Å². The summed E-state index contributed by atoms with van der Waals surface area (Å²) in [6.45, 7) is 1.55. The largest absolute Gasteiger partial charge is 0.349 e. The number of hydrogen-bond acceptors (Lipinski definition) is 5. The zero-order valence-electron chi connectivity index (χ0n) is 12.8. The van der Waals surface area contributed by atoms with Gasteiger partial charge in [0, 0.05) is 31.4 Å². The van der Waals surface area contributed by atoms with Gasteiger partial charge >= 0.3 is 0 Å². The average molecular weight is 339 g/mol. The molecular weight excluding hydrogens is 318 g/mol. The number of nitrogens with one attached hydrogen (secondary N) is 2. The molecule has 1 aromatic rings. The van der Waals surface area contributed by atoms with E-state index in [4.69, 9.17) is 0 Å². The van der Waals surface area contributed by atoms with Gasteiger partial charge in [-0.25, -0.2) is 8.42 Å². The third kappa shape index (κ3) is 3.81. The van der Waals surface area contributed by atoms with E-state index in [-0.39, 0.29) is 35.1 Å². The van der Waals surface area contributed by atoms with Gasteiger partial charge in [-0.2, -0.15) is 0 Å². The molecule has 1 aromatic heterocycles. The number of amides is 1. The molecule has 126 valence electrons. The fourth-order valence-corrected chi connectivity index (χ4v) is 5.10. The molecule has 0 saturated carbocycles. The molecule has 7 nitrogen and oxygen atoms in total. The highest BCUT2D eigenvalue weighted by Gasteiger charge is 2.34. The molecule has 2 N–H and O–H groups in total. The molecule has 1 amide bonds. The normalized spacial score (nSPS) is 25.3. The Labute approximate surface area is 135 Å². The summed E-state index contributed by atoms with van der Waals surface area (Å²) in [4.78, 5) is 28.4. The van der Waals surface area contributed by atoms with Gasteiger partial charge in [-0.1, -0.05) is 0 Å². The van der Waals surface area contributed by atoms with Crippen LogP contribution in [0, 0.1) is 0 Å². The molecule has 3 rings (SSSR count). The average Bonchev–Trinajstić information content (AvgIpc) is 2.88. The Kier molecular flexibility index (Phi) is 4.54. The molecule has 0 aliphatic carbocycles. The van der Waals surface area contributed by atoms with Crippen molar-refractivity contribution in [2.45, 2.75) is 31.3 Å². The Morgan fingerprint density at radius 1 is 1.26 bits per heavy atom. The third-order valence-corrected chi connectivity index (χ3v) is 6.40. The van der Waals surface area contributed by atoms with Gasteiger partial charge in [0.15, 0.2) is 9.84 Å². The monoisotopic (exact) mass is 339 g/mol. The molecule has 0 aromatic carbocycles. The highest BCUT2D eigenvalue weighted by Crippen LogP contribution is 2.21. The Bertz CT molecular complexity index is 735. The molecule has 0 radical (unpaired) electrons. The zero-order chi connectivity index (χ0) is 16.4. The maximum Gasteiger partial charge on any atom is 0.260 e. The molecule has 3 heterocycles. The van der Waals surface area contributed by atoms with Gasteiger partial charge in [-0.3, -0.25) is 14.5 Å². The SMILES string of the molecule is O=C(NC1CCN([C@H]2CCS(=O)(=O)C2)CC1)c1ccc[nH]c1=O. The van der Waals surface area contributed by atoms with E-state index in [1.807, 2.05) is 0 Å². The Balaban J connectivity index is 1.53. The van der Waals surface area contributed by atoms with E-state index in [0.717, 1.165) is 25.9 Å². The molecule has 8 heteroatoms. The molecule has 0 unspecified atom stereocenters. The summed E-state index contributed by atoms with van der Waals surface area (Å²) < 4.78 is 23.1. The molecule has 0 spiro atoms. The number of nitrogens with zero attached hydrogens (tertiary/aromatic N) is 1. The molecule has 0 bridgehead atoms. The summed E-state index contributed by atoms with van der Waals surface area (Å²) in [6.07, 6.45) is 3.74. The van der Waals surface area contributed by atoms with Crippen LogP contribution >= 0.6 is 0 Å². The highest BCUT2D eigenvalue weighted by atomic mass is 32.2. The van der Waals surface area contributed by atoms with Crippen LogP contribution in [-0.2, 0) is 9.84 Å². The zero-order valence-corrected chi connectivity index (χ0v) is 13.6. The van der Waals surface area contributed by atoms with Gasteiger partial charge in [0.05, 0.1) is 11.5 Å². The number of aromatic amines is 1. The summed E-state index contributed by atoms with van der Waals surface area (Å²) in [7, 11) is -2.87. The smallest absolute Gasteiger partial charge is 0.260 e. The molecular formula is C15H21N3O4S. The van der Waals surface area contributed by atoms with E-state index in [1.54, 1.807) is 6.07 Å². The van der Waals surface area contributed by atoms with Crippen LogP contribution in [0.3, 0.4) is 0 Å². The van der Waals surface area contributed by atoms with Gasteiger partial charge in [0.2, 0.25) is 0 Å². The van der Waals surface area contributed by atoms with Crippen LogP contribution < -0.4 is 10.9 Å². The van der Waals surface area contributed by atoms with E-state index >= 15 is 0 Å². The lowest BCUT2D eigenvalue weighted by Crippen LogP contribution is -2.48. The molecule has 2 aliphatic heterocycles. The lowest BCUT2D eigenvalue weighted by Gasteiger charge is -2.35. The van der Waals surface area contributed by atoms with Crippen LogP contribution in [0.4, 0.5) is 0 Å². The summed E-state index contributed by atoms with van der Waals surface area (Å²) >= 11 is 0. The van der Waals surface area contributed by atoms with E-state index in [9.17, 15) is 18.0 Å². The summed E-state index contributed by atoms with van der Waals surface area (Å²) in [5.74, 6) is 0.183. The quantitative estimate of drug-likeness (QED) is 0.791. The first kappa shape index (κ1) is 16.2. The van der Waals surface area contributed by atoms with Crippen LogP contribution in [-0.4, -0.2) is 60.9 Å². The number of carbonyl (C=O) groups is 1. The van der Waals surface area contributed by atoms with E-state index in [1.165, 1.54) is 12.3 Å². The standard InChI is InChI=1S/C15H21N3O4S/c19-14-13(2-1-6-16-14)15(20)17-11-3-7-18(8-4-11)12-5-9-23(21,22)10-12/h1-2,6,11-12H,3-5,7-10H2,(H,16,19)(H,17,20)/t12-/m0/s1. The van der Waals surface area contributed by atoms with Crippen LogP contribution in [0.5, 0.6) is 0 Å². The van der Waals surface area contributed by atoms with Crippen molar-refractivity contribution in [2.24, 2.45) is 0 Å². The molecule has 23 heavy (non-hydrogen) atoms. The molecule has 2 fully saturated rings. The Morgan fingerprint density at radius 2 is 2.00 bits per heavy atom. The van der Waals surface area contributed by atoms with Crippen molar-refractivity contribution in [1.82, 2.24) is 15.2 Å². The fourth-order valence-electron chi connectivity index (χ4n) is 3.34. The lowest BCUT2D eigenvalue weighted by atomic mass is 10.0. The first-order valence-electron chi connectivity index (χ1n) is 7.88. The fraction of sp³-hybridized carbons (Fsp3) is 0.600. The molecule has 2 saturated heterocycles. The molecule has 2 aliphatic rings. The van der Waals surface area contributed by atoms with E-state index in [2.05, 4.69) is 15.2 Å². The minimum absolute atomic E-state index is 0.0244. The third-order valence-electron chi connectivity index (χ3n) is 4.65. The van der Waals surface area contributed by atoms with Crippen molar-refractivity contribution in [3.63, 3.8) is 0 Å². The number of rotatable bonds is 3. The Morgan fingerprint density at radius 3 is 2.61 bits per heavy atom. The van der Waals surface area contributed by atoms with Gasteiger partial charge in [0.25, 0.3) is 11.5 Å².